The zero-order valence-corrected chi connectivity index (χ0v) is 13.8. The number of ether oxygens (including phenoxy) is 1. The van der Waals surface area contributed by atoms with E-state index < -0.39 is 12.0 Å². The third-order valence-electron chi connectivity index (χ3n) is 4.30. The summed E-state index contributed by atoms with van der Waals surface area (Å²) in [6, 6.07) is 6.10. The number of benzene rings is 1. The van der Waals surface area contributed by atoms with Gasteiger partial charge in [0.2, 0.25) is 11.8 Å². The molecule has 7 heteroatoms. The van der Waals surface area contributed by atoms with Crippen molar-refractivity contribution in [3.05, 3.63) is 29.8 Å². The Morgan fingerprint density at radius 3 is 2.96 bits per heavy atom. The van der Waals surface area contributed by atoms with E-state index in [0.717, 1.165) is 6.42 Å². The Kier molecular flexibility index (Phi) is 4.06. The van der Waals surface area contributed by atoms with Gasteiger partial charge < -0.3 is 15.0 Å². The number of carbonyl (C=O) groups is 3. The molecule has 2 atom stereocenters. The molecule has 0 aromatic heterocycles. The maximum Gasteiger partial charge on any atom is 0.337 e. The lowest BCUT2D eigenvalue weighted by molar-refractivity contribution is -0.135. The molecule has 0 aliphatic carbocycles. The van der Waals surface area contributed by atoms with E-state index in [9.17, 15) is 14.4 Å². The lowest BCUT2D eigenvalue weighted by Crippen LogP contribution is -2.48. The molecule has 2 fully saturated rings. The number of nitrogens with zero attached hydrogens (tertiary/aromatic N) is 1. The van der Waals surface area contributed by atoms with Crippen molar-refractivity contribution in [2.24, 2.45) is 0 Å². The van der Waals surface area contributed by atoms with E-state index in [4.69, 9.17) is 0 Å². The molecule has 0 saturated carbocycles. The zero-order chi connectivity index (χ0) is 16.6. The number of esters is 1. The van der Waals surface area contributed by atoms with Crippen LogP contribution in [0, 0.1) is 0 Å². The van der Waals surface area contributed by atoms with Crippen LogP contribution in [0.3, 0.4) is 0 Å². The fourth-order valence-corrected chi connectivity index (χ4v) is 4.51. The molecular weight excluding hydrogens is 316 g/mol. The van der Waals surface area contributed by atoms with Gasteiger partial charge in [0.25, 0.3) is 0 Å². The minimum Gasteiger partial charge on any atom is -0.465 e. The SMILES string of the molecule is COC(=O)c1cccc(NC(=O)[C@H]2CS[C@@]3(C)CCC(=O)N23)c1. The molecule has 0 bridgehead atoms. The van der Waals surface area contributed by atoms with Gasteiger partial charge in [0, 0.05) is 17.9 Å². The smallest absolute Gasteiger partial charge is 0.337 e. The molecule has 2 heterocycles. The summed E-state index contributed by atoms with van der Waals surface area (Å²) < 4.78 is 4.67. The van der Waals surface area contributed by atoms with Crippen molar-refractivity contribution in [3.8, 4) is 0 Å². The van der Waals surface area contributed by atoms with Crippen LogP contribution in [0.25, 0.3) is 0 Å². The van der Waals surface area contributed by atoms with Crippen molar-refractivity contribution in [2.45, 2.75) is 30.7 Å². The van der Waals surface area contributed by atoms with Crippen molar-refractivity contribution in [2.75, 3.05) is 18.2 Å². The number of fused-ring (bicyclic) bond motifs is 1. The number of rotatable bonds is 3. The second kappa shape index (κ2) is 5.88. The molecule has 2 saturated heterocycles. The van der Waals surface area contributed by atoms with Gasteiger partial charge in [-0.15, -0.1) is 11.8 Å². The van der Waals surface area contributed by atoms with Crippen LogP contribution in [0.4, 0.5) is 5.69 Å². The monoisotopic (exact) mass is 334 g/mol. The van der Waals surface area contributed by atoms with Crippen LogP contribution in [-0.2, 0) is 14.3 Å². The van der Waals surface area contributed by atoms with Crippen molar-refractivity contribution < 1.29 is 19.1 Å². The number of anilines is 1. The predicted molar refractivity (Wildman–Crippen MR) is 87.1 cm³/mol. The van der Waals surface area contributed by atoms with Gasteiger partial charge in [-0.05, 0) is 31.5 Å². The first-order chi connectivity index (χ1) is 10.9. The summed E-state index contributed by atoms with van der Waals surface area (Å²) in [6.45, 7) is 2.01. The van der Waals surface area contributed by atoms with E-state index >= 15 is 0 Å². The highest BCUT2D eigenvalue weighted by atomic mass is 32.2. The molecule has 23 heavy (non-hydrogen) atoms. The van der Waals surface area contributed by atoms with Gasteiger partial charge in [-0.1, -0.05) is 6.07 Å². The molecule has 2 aliphatic rings. The van der Waals surface area contributed by atoms with E-state index in [1.54, 1.807) is 40.9 Å². The van der Waals surface area contributed by atoms with Crippen molar-refractivity contribution >= 4 is 35.2 Å². The van der Waals surface area contributed by atoms with Gasteiger partial charge >= 0.3 is 5.97 Å². The summed E-state index contributed by atoms with van der Waals surface area (Å²) in [5, 5.41) is 2.80. The van der Waals surface area contributed by atoms with E-state index in [-0.39, 0.29) is 16.7 Å². The molecule has 0 unspecified atom stereocenters. The number of hydrogen-bond donors (Lipinski definition) is 1. The Morgan fingerprint density at radius 2 is 2.22 bits per heavy atom. The maximum absolute atomic E-state index is 12.6. The second-order valence-corrected chi connectivity index (χ2v) is 7.33. The standard InChI is InChI=1S/C16H18N2O4S/c1-16-7-6-13(19)18(16)12(9-23-16)14(20)17-11-5-3-4-10(8-11)15(21)22-2/h3-5,8,12H,6-7,9H2,1-2H3,(H,17,20)/t12-,16+/m1/s1. The number of methoxy groups -OCH3 is 1. The predicted octanol–water partition coefficient (Wildman–Crippen LogP) is 1.87. The molecule has 2 amide bonds. The molecule has 3 rings (SSSR count). The third kappa shape index (κ3) is 2.81. The third-order valence-corrected chi connectivity index (χ3v) is 5.80. The molecule has 1 aromatic carbocycles. The number of thioether (sulfide) groups is 1. The van der Waals surface area contributed by atoms with Crippen LogP contribution in [0.15, 0.2) is 24.3 Å². The van der Waals surface area contributed by atoms with E-state index in [1.807, 2.05) is 6.92 Å². The molecule has 0 radical (unpaired) electrons. The summed E-state index contributed by atoms with van der Waals surface area (Å²) in [4.78, 5) is 37.6. The van der Waals surface area contributed by atoms with Crippen molar-refractivity contribution in [1.29, 1.82) is 0 Å². The average Bonchev–Trinajstić information content (AvgIpc) is 3.03. The quantitative estimate of drug-likeness (QED) is 0.854. The van der Waals surface area contributed by atoms with Crippen LogP contribution in [0.5, 0.6) is 0 Å². The van der Waals surface area contributed by atoms with Crippen LogP contribution in [-0.4, -0.2) is 46.5 Å². The fourth-order valence-electron chi connectivity index (χ4n) is 3.08. The van der Waals surface area contributed by atoms with Gasteiger partial charge in [0.05, 0.1) is 17.5 Å². The molecule has 2 aliphatic heterocycles. The number of amides is 2. The number of nitrogens with one attached hydrogen (secondary N) is 1. The Morgan fingerprint density at radius 1 is 1.43 bits per heavy atom. The van der Waals surface area contributed by atoms with Gasteiger partial charge in [-0.2, -0.15) is 0 Å². The zero-order valence-electron chi connectivity index (χ0n) is 13.0. The molecule has 122 valence electrons. The van der Waals surface area contributed by atoms with Crippen molar-refractivity contribution in [1.82, 2.24) is 4.90 Å². The lowest BCUT2D eigenvalue weighted by Gasteiger charge is -2.29. The molecular formula is C16H18N2O4S. The Labute approximate surface area is 138 Å². The highest BCUT2D eigenvalue weighted by Gasteiger charge is 2.52. The molecule has 1 N–H and O–H groups in total. The summed E-state index contributed by atoms with van der Waals surface area (Å²) in [6.07, 6.45) is 1.27. The summed E-state index contributed by atoms with van der Waals surface area (Å²) in [7, 11) is 1.31. The van der Waals surface area contributed by atoms with E-state index in [0.29, 0.717) is 23.4 Å². The first-order valence-electron chi connectivity index (χ1n) is 7.40. The van der Waals surface area contributed by atoms with E-state index in [2.05, 4.69) is 10.1 Å². The largest absolute Gasteiger partial charge is 0.465 e. The van der Waals surface area contributed by atoms with Gasteiger partial charge in [0.15, 0.2) is 0 Å². The lowest BCUT2D eigenvalue weighted by atomic mass is 10.2. The minimum atomic E-state index is -0.471. The highest BCUT2D eigenvalue weighted by molar-refractivity contribution is 8.01. The van der Waals surface area contributed by atoms with Gasteiger partial charge in [-0.25, -0.2) is 4.79 Å². The Bertz CT molecular complexity index is 678. The van der Waals surface area contributed by atoms with Gasteiger partial charge in [0.1, 0.15) is 6.04 Å². The maximum atomic E-state index is 12.6. The van der Waals surface area contributed by atoms with Crippen molar-refractivity contribution in [3.63, 3.8) is 0 Å². The molecule has 0 spiro atoms. The van der Waals surface area contributed by atoms with Gasteiger partial charge in [-0.3, -0.25) is 9.59 Å². The van der Waals surface area contributed by atoms with Crippen LogP contribution in [0.2, 0.25) is 0 Å². The topological polar surface area (TPSA) is 75.7 Å². The second-order valence-electron chi connectivity index (χ2n) is 5.83. The molecule has 1 aromatic rings. The normalized spacial score (nSPS) is 26.1. The van der Waals surface area contributed by atoms with Crippen LogP contribution >= 0.6 is 11.8 Å². The first kappa shape index (κ1) is 15.9. The summed E-state index contributed by atoms with van der Waals surface area (Å²) in [5.41, 5.74) is 0.885. The minimum absolute atomic E-state index is 0.0287. The summed E-state index contributed by atoms with van der Waals surface area (Å²) >= 11 is 1.65. The first-order valence-corrected chi connectivity index (χ1v) is 8.38. The Hall–Kier alpha value is -2.02. The molecule has 6 nitrogen and oxygen atoms in total. The summed E-state index contributed by atoms with van der Waals surface area (Å²) in [5.74, 6) is -0.0654. The van der Waals surface area contributed by atoms with Crippen LogP contribution < -0.4 is 5.32 Å². The fraction of sp³-hybridized carbons (Fsp3) is 0.438. The number of hydrogen-bond acceptors (Lipinski definition) is 5. The highest BCUT2D eigenvalue weighted by Crippen LogP contribution is 2.47. The number of carbonyl (C=O) groups excluding carboxylic acids is 3. The average molecular weight is 334 g/mol. The van der Waals surface area contributed by atoms with Crippen LogP contribution in [0.1, 0.15) is 30.1 Å². The Balaban J connectivity index is 1.75. The van der Waals surface area contributed by atoms with E-state index in [1.165, 1.54) is 7.11 Å².